The van der Waals surface area contributed by atoms with Crippen molar-refractivity contribution in [3.8, 4) is 0 Å². The van der Waals surface area contributed by atoms with E-state index in [0.717, 1.165) is 0 Å². The Balaban J connectivity index is 0. The van der Waals surface area contributed by atoms with Crippen LogP contribution in [0.1, 0.15) is 12.8 Å². The Kier molecular flexibility index (Phi) is 12.8. The fourth-order valence-corrected chi connectivity index (χ4v) is 1.79. The van der Waals surface area contributed by atoms with Crippen LogP contribution >= 0.6 is 24.8 Å². The monoisotopic (exact) mass is 306 g/mol. The van der Waals surface area contributed by atoms with Gasteiger partial charge >= 0.3 is 0 Å². The highest BCUT2D eigenvalue weighted by molar-refractivity contribution is 5.85. The van der Waals surface area contributed by atoms with Gasteiger partial charge < -0.3 is 31.1 Å². The van der Waals surface area contributed by atoms with Crippen molar-refractivity contribution in [3.05, 3.63) is 0 Å². The van der Waals surface area contributed by atoms with Crippen LogP contribution in [0.5, 0.6) is 0 Å². The molecule has 2 heterocycles. The van der Waals surface area contributed by atoms with Crippen LogP contribution in [0.4, 0.5) is 0 Å². The number of piperidine rings is 2. The molecule has 6 nitrogen and oxygen atoms in total. The van der Waals surface area contributed by atoms with Gasteiger partial charge in [-0.15, -0.1) is 24.8 Å². The van der Waals surface area contributed by atoms with Crippen LogP contribution in [0.15, 0.2) is 0 Å². The summed E-state index contributed by atoms with van der Waals surface area (Å²) in [4.78, 5) is 0. The maximum Gasteiger partial charge on any atom is 0.0689 e. The second kappa shape index (κ2) is 11.2. The first-order valence-electron chi connectivity index (χ1n) is 5.71. The molecule has 2 aliphatic heterocycles. The number of aliphatic hydroxyl groups is 4. The number of rotatable bonds is 0. The summed E-state index contributed by atoms with van der Waals surface area (Å²) in [7, 11) is 0. The highest BCUT2D eigenvalue weighted by Gasteiger charge is 2.16. The van der Waals surface area contributed by atoms with E-state index in [1.165, 1.54) is 0 Å². The van der Waals surface area contributed by atoms with E-state index in [0.29, 0.717) is 39.0 Å². The summed E-state index contributed by atoms with van der Waals surface area (Å²) in [5.74, 6) is 0. The second-order valence-electron chi connectivity index (χ2n) is 4.40. The first kappa shape index (κ1) is 20.7. The van der Waals surface area contributed by atoms with Crippen molar-refractivity contribution in [2.45, 2.75) is 37.3 Å². The Morgan fingerprint density at radius 3 is 0.889 bits per heavy atom. The van der Waals surface area contributed by atoms with Gasteiger partial charge in [0.05, 0.1) is 24.4 Å². The van der Waals surface area contributed by atoms with E-state index in [9.17, 15) is 0 Å². The lowest BCUT2D eigenvalue weighted by Crippen LogP contribution is -2.42. The number of hydrogen-bond donors (Lipinski definition) is 6. The molecule has 0 bridgehead atoms. The molecule has 2 aliphatic rings. The summed E-state index contributed by atoms with van der Waals surface area (Å²) in [5.41, 5.74) is 0. The minimum Gasteiger partial charge on any atom is -0.392 e. The molecule has 2 saturated heterocycles. The SMILES string of the molecule is Cl.Cl.O[C@@H]1CNC[C@H](O)C1.O[C@@H]1CNC[C@H](O)C1. The molecule has 4 atom stereocenters. The lowest BCUT2D eigenvalue weighted by molar-refractivity contribution is 0.0523. The van der Waals surface area contributed by atoms with Crippen molar-refractivity contribution >= 4 is 24.8 Å². The van der Waals surface area contributed by atoms with Crippen LogP contribution in [0.2, 0.25) is 0 Å². The lowest BCUT2D eigenvalue weighted by atomic mass is 10.1. The molecule has 0 aromatic rings. The van der Waals surface area contributed by atoms with Crippen LogP contribution < -0.4 is 10.6 Å². The molecular formula is C10H24Cl2N2O4. The fraction of sp³-hybridized carbons (Fsp3) is 1.00. The molecular weight excluding hydrogens is 283 g/mol. The highest BCUT2D eigenvalue weighted by Crippen LogP contribution is 2.01. The highest BCUT2D eigenvalue weighted by atomic mass is 35.5. The molecule has 2 fully saturated rings. The van der Waals surface area contributed by atoms with Crippen molar-refractivity contribution in [2.24, 2.45) is 0 Å². The molecule has 0 aromatic carbocycles. The zero-order valence-electron chi connectivity index (χ0n) is 10.2. The smallest absolute Gasteiger partial charge is 0.0689 e. The largest absolute Gasteiger partial charge is 0.392 e. The minimum atomic E-state index is -0.348. The predicted octanol–water partition coefficient (Wildman–Crippen LogP) is -1.75. The molecule has 112 valence electrons. The van der Waals surface area contributed by atoms with E-state index in [1.54, 1.807) is 0 Å². The predicted molar refractivity (Wildman–Crippen MR) is 73.5 cm³/mol. The molecule has 0 radical (unpaired) electrons. The maximum atomic E-state index is 8.86. The molecule has 0 aromatic heterocycles. The summed E-state index contributed by atoms with van der Waals surface area (Å²) in [5, 5.41) is 41.2. The molecule has 0 spiro atoms. The van der Waals surface area contributed by atoms with Crippen molar-refractivity contribution in [2.75, 3.05) is 26.2 Å². The van der Waals surface area contributed by atoms with Crippen LogP contribution in [0.3, 0.4) is 0 Å². The Labute approximate surface area is 120 Å². The average Bonchev–Trinajstić information content (AvgIpc) is 2.17. The molecule has 0 saturated carbocycles. The second-order valence-corrected chi connectivity index (χ2v) is 4.40. The molecule has 6 N–H and O–H groups in total. The average molecular weight is 307 g/mol. The molecule has 18 heavy (non-hydrogen) atoms. The lowest BCUT2D eigenvalue weighted by Gasteiger charge is -2.22. The zero-order chi connectivity index (χ0) is 12.0. The summed E-state index contributed by atoms with van der Waals surface area (Å²) >= 11 is 0. The van der Waals surface area contributed by atoms with Crippen molar-refractivity contribution < 1.29 is 20.4 Å². The Bertz CT molecular complexity index is 167. The third kappa shape index (κ3) is 9.29. The Morgan fingerprint density at radius 1 is 0.556 bits per heavy atom. The molecule has 0 unspecified atom stereocenters. The van der Waals surface area contributed by atoms with Crippen LogP contribution in [-0.4, -0.2) is 71.0 Å². The number of aliphatic hydroxyl groups excluding tert-OH is 4. The summed E-state index contributed by atoms with van der Waals surface area (Å²) in [6.45, 7) is 2.49. The number of nitrogens with one attached hydrogen (secondary N) is 2. The fourth-order valence-electron chi connectivity index (χ4n) is 1.79. The van der Waals surface area contributed by atoms with Crippen molar-refractivity contribution in [3.63, 3.8) is 0 Å². The van der Waals surface area contributed by atoms with E-state index >= 15 is 0 Å². The van der Waals surface area contributed by atoms with Crippen molar-refractivity contribution in [1.29, 1.82) is 0 Å². The zero-order valence-corrected chi connectivity index (χ0v) is 11.8. The van der Waals surface area contributed by atoms with Gasteiger partial charge in [-0.3, -0.25) is 0 Å². The number of halogens is 2. The quantitative estimate of drug-likeness (QED) is 0.317. The van der Waals surface area contributed by atoms with Gasteiger partial charge in [0.25, 0.3) is 0 Å². The van der Waals surface area contributed by atoms with Crippen LogP contribution in [-0.2, 0) is 0 Å². The van der Waals surface area contributed by atoms with Gasteiger partial charge in [-0.1, -0.05) is 0 Å². The van der Waals surface area contributed by atoms with E-state index in [-0.39, 0.29) is 49.2 Å². The molecule has 8 heteroatoms. The number of hydrogen-bond acceptors (Lipinski definition) is 6. The van der Waals surface area contributed by atoms with Crippen LogP contribution in [0.25, 0.3) is 0 Å². The third-order valence-electron chi connectivity index (χ3n) is 2.61. The standard InChI is InChI=1S/2C5H11NO2.2ClH/c2*7-4-1-5(8)3-6-2-4;;/h2*4-8H,1-3H2;2*1H/t2*4-,5+;;. The first-order chi connectivity index (χ1) is 7.58. The van der Waals surface area contributed by atoms with E-state index in [2.05, 4.69) is 10.6 Å². The Hall–Kier alpha value is 0.340. The summed E-state index contributed by atoms with van der Waals surface area (Å²) in [6, 6.07) is 0. The maximum absolute atomic E-state index is 8.86. The van der Waals surface area contributed by atoms with Gasteiger partial charge in [0.2, 0.25) is 0 Å². The normalized spacial score (nSPS) is 35.3. The van der Waals surface area contributed by atoms with Gasteiger partial charge in [0, 0.05) is 39.0 Å². The molecule has 0 amide bonds. The van der Waals surface area contributed by atoms with Crippen molar-refractivity contribution in [1.82, 2.24) is 10.6 Å². The third-order valence-corrected chi connectivity index (χ3v) is 2.61. The Morgan fingerprint density at radius 2 is 0.778 bits per heavy atom. The topological polar surface area (TPSA) is 105 Å². The van der Waals surface area contributed by atoms with Gasteiger partial charge in [-0.25, -0.2) is 0 Å². The van der Waals surface area contributed by atoms with Gasteiger partial charge in [-0.2, -0.15) is 0 Å². The molecule has 0 aliphatic carbocycles. The van der Waals surface area contributed by atoms with Gasteiger partial charge in [-0.05, 0) is 0 Å². The van der Waals surface area contributed by atoms with E-state index < -0.39 is 0 Å². The minimum absolute atomic E-state index is 0. The summed E-state index contributed by atoms with van der Waals surface area (Å²) in [6.07, 6.45) is -0.352. The number of β-amino-alcohol motifs (C(OH)–C–C–N with tert-alkyl or cyclic N) is 4. The first-order valence-corrected chi connectivity index (χ1v) is 5.71. The molecule has 2 rings (SSSR count). The summed E-state index contributed by atoms with van der Waals surface area (Å²) < 4.78 is 0. The van der Waals surface area contributed by atoms with E-state index in [1.807, 2.05) is 0 Å². The van der Waals surface area contributed by atoms with Crippen LogP contribution in [0, 0.1) is 0 Å². The van der Waals surface area contributed by atoms with Gasteiger partial charge in [0.1, 0.15) is 0 Å². The van der Waals surface area contributed by atoms with E-state index in [4.69, 9.17) is 20.4 Å². The van der Waals surface area contributed by atoms with Gasteiger partial charge in [0.15, 0.2) is 0 Å².